The molecular weight excluding hydrogens is 524 g/mol. The predicted octanol–water partition coefficient (Wildman–Crippen LogP) is 3.63. The van der Waals surface area contributed by atoms with Crippen molar-refractivity contribution in [3.8, 4) is 0 Å². The number of piperazine rings is 1. The number of amidine groups is 1. The lowest BCUT2D eigenvalue weighted by molar-refractivity contribution is -0.587. The van der Waals surface area contributed by atoms with E-state index < -0.39 is 10.0 Å². The van der Waals surface area contributed by atoms with Crippen LogP contribution in [0.2, 0.25) is 5.02 Å². The van der Waals surface area contributed by atoms with Crippen molar-refractivity contribution in [2.45, 2.75) is 17.1 Å². The van der Waals surface area contributed by atoms with Crippen LogP contribution in [0.3, 0.4) is 0 Å². The van der Waals surface area contributed by atoms with E-state index in [1.54, 1.807) is 23.1 Å². The quantitative estimate of drug-likeness (QED) is 0.368. The zero-order valence-electron chi connectivity index (χ0n) is 19.2. The number of carbonyl (C=O) groups excluding carboxylic acids is 1. The van der Waals surface area contributed by atoms with Gasteiger partial charge >= 0.3 is 0 Å². The lowest BCUT2D eigenvalue weighted by Gasteiger charge is -2.33. The van der Waals surface area contributed by atoms with E-state index in [9.17, 15) is 13.2 Å². The molecule has 1 aromatic carbocycles. The molecule has 0 N–H and O–H groups in total. The highest BCUT2D eigenvalue weighted by atomic mass is 35.5. The summed E-state index contributed by atoms with van der Waals surface area (Å²) in [5.41, 5.74) is 1.13. The van der Waals surface area contributed by atoms with Gasteiger partial charge in [-0.25, -0.2) is 8.42 Å². The molecule has 0 unspecified atom stereocenters. The van der Waals surface area contributed by atoms with Crippen molar-refractivity contribution in [3.63, 3.8) is 0 Å². The predicted molar refractivity (Wildman–Crippen MR) is 141 cm³/mol. The third-order valence-electron chi connectivity index (χ3n) is 6.96. The van der Waals surface area contributed by atoms with E-state index in [0.717, 1.165) is 46.7 Å². The van der Waals surface area contributed by atoms with Crippen molar-refractivity contribution in [1.29, 1.82) is 0 Å². The number of benzene rings is 1. The molecule has 0 atom stereocenters. The largest absolute Gasteiger partial charge is 0.335 e. The number of amides is 1. The summed E-state index contributed by atoms with van der Waals surface area (Å²) in [5.74, 6) is 1.25. The SMILES string of the molecule is O=C(c1cc(C(N2CCC2)=[N+]2CCC2)cs1)N1CCN(S(=O)(=O)c2cc3ccc(Cl)cc3s2)CC1. The topological polar surface area (TPSA) is 63.9 Å². The van der Waals surface area contributed by atoms with Crippen LogP contribution < -0.4 is 0 Å². The fraction of sp³-hybridized carbons (Fsp3) is 0.417. The highest BCUT2D eigenvalue weighted by Crippen LogP contribution is 2.33. The molecule has 3 aliphatic heterocycles. The Morgan fingerprint density at radius 2 is 1.71 bits per heavy atom. The van der Waals surface area contributed by atoms with Crippen molar-refractivity contribution in [2.24, 2.45) is 0 Å². The minimum Gasteiger partial charge on any atom is -0.335 e. The molecule has 35 heavy (non-hydrogen) atoms. The van der Waals surface area contributed by atoms with Gasteiger partial charge in [0.15, 0.2) is 0 Å². The molecule has 0 bridgehead atoms. The Bertz CT molecular complexity index is 1430. The zero-order chi connectivity index (χ0) is 24.2. The summed E-state index contributed by atoms with van der Waals surface area (Å²) in [5, 5.41) is 3.55. The van der Waals surface area contributed by atoms with Crippen molar-refractivity contribution >= 4 is 66.1 Å². The number of fused-ring (bicyclic) bond motifs is 1. The van der Waals surface area contributed by atoms with Gasteiger partial charge < -0.3 is 4.90 Å². The number of hydrogen-bond donors (Lipinski definition) is 0. The second-order valence-corrected chi connectivity index (χ2v) is 13.7. The fourth-order valence-electron chi connectivity index (χ4n) is 4.71. The number of hydrogen-bond acceptors (Lipinski definition) is 5. The summed E-state index contributed by atoms with van der Waals surface area (Å²) in [6, 6.07) is 9.12. The zero-order valence-corrected chi connectivity index (χ0v) is 22.4. The molecular formula is C24H26ClN4O3S3+. The number of halogens is 1. The Morgan fingerprint density at radius 1 is 0.943 bits per heavy atom. The third kappa shape index (κ3) is 4.29. The van der Waals surface area contributed by atoms with Crippen molar-refractivity contribution in [2.75, 3.05) is 52.4 Å². The molecule has 0 radical (unpaired) electrons. The van der Waals surface area contributed by atoms with Crippen LogP contribution in [-0.4, -0.2) is 91.2 Å². The lowest BCUT2D eigenvalue weighted by atomic mass is 10.1. The molecule has 2 aromatic heterocycles. The van der Waals surface area contributed by atoms with Crippen LogP contribution >= 0.6 is 34.3 Å². The second-order valence-electron chi connectivity index (χ2n) is 9.15. The van der Waals surface area contributed by atoms with Gasteiger partial charge in [-0.1, -0.05) is 17.7 Å². The van der Waals surface area contributed by atoms with Crippen molar-refractivity contribution < 1.29 is 17.8 Å². The van der Waals surface area contributed by atoms with Gasteiger partial charge in [0, 0.05) is 54.1 Å². The fourth-order valence-corrected chi connectivity index (χ4v) is 8.81. The monoisotopic (exact) mass is 549 g/mol. The standard InChI is InChI=1S/C24H26ClN4O3S3/c25-19-4-3-17-14-22(34-20(17)15-19)35(31,32)29-11-9-28(10-12-29)24(30)21-13-18(16-33-21)23(26-5-1-6-26)27-7-2-8-27/h3-4,13-16H,1-2,5-12H2/q+1. The van der Waals surface area contributed by atoms with Crippen LogP contribution in [0.25, 0.3) is 10.1 Å². The van der Waals surface area contributed by atoms with E-state index in [1.807, 2.05) is 12.1 Å². The van der Waals surface area contributed by atoms with Gasteiger partial charge in [0.2, 0.25) is 0 Å². The number of carbonyl (C=O) groups is 1. The van der Waals surface area contributed by atoms with E-state index in [1.165, 1.54) is 45.7 Å². The second kappa shape index (κ2) is 9.15. The van der Waals surface area contributed by atoms with E-state index in [0.29, 0.717) is 35.4 Å². The molecule has 1 amide bonds. The van der Waals surface area contributed by atoms with E-state index in [4.69, 9.17) is 11.6 Å². The minimum atomic E-state index is -3.61. The molecule has 3 aliphatic rings. The van der Waals surface area contributed by atoms with Gasteiger partial charge in [0.05, 0.1) is 36.6 Å². The van der Waals surface area contributed by atoms with Gasteiger partial charge in [-0.05, 0) is 29.7 Å². The van der Waals surface area contributed by atoms with Gasteiger partial charge in [0.25, 0.3) is 21.8 Å². The summed E-state index contributed by atoms with van der Waals surface area (Å²) in [6.45, 7) is 5.67. The van der Waals surface area contributed by atoms with Gasteiger partial charge in [0.1, 0.15) is 4.21 Å². The van der Waals surface area contributed by atoms with E-state index >= 15 is 0 Å². The summed E-state index contributed by atoms with van der Waals surface area (Å²) < 4.78 is 31.6. The van der Waals surface area contributed by atoms with E-state index in [-0.39, 0.29) is 5.91 Å². The summed E-state index contributed by atoms with van der Waals surface area (Å²) >= 11 is 8.78. The highest BCUT2D eigenvalue weighted by Gasteiger charge is 2.35. The summed E-state index contributed by atoms with van der Waals surface area (Å²) in [7, 11) is -3.61. The Hall–Kier alpha value is -1.98. The number of nitrogens with zero attached hydrogens (tertiary/aromatic N) is 4. The molecule has 0 spiro atoms. The van der Waals surface area contributed by atoms with Gasteiger partial charge in [-0.3, -0.25) is 14.3 Å². The van der Waals surface area contributed by atoms with Crippen molar-refractivity contribution in [1.82, 2.24) is 14.1 Å². The molecule has 5 heterocycles. The highest BCUT2D eigenvalue weighted by molar-refractivity contribution is 7.91. The molecule has 3 aromatic rings. The number of sulfonamides is 1. The van der Waals surface area contributed by atoms with Gasteiger partial charge in [-0.15, -0.1) is 22.7 Å². The van der Waals surface area contributed by atoms with Crippen LogP contribution in [0.5, 0.6) is 0 Å². The first-order valence-electron chi connectivity index (χ1n) is 11.8. The molecule has 3 fully saturated rings. The number of likely N-dealkylation sites (tertiary alicyclic amines) is 1. The van der Waals surface area contributed by atoms with Crippen LogP contribution in [0.1, 0.15) is 28.1 Å². The molecule has 3 saturated heterocycles. The van der Waals surface area contributed by atoms with Crippen LogP contribution in [0.15, 0.2) is 39.9 Å². The first kappa shape index (κ1) is 23.4. The first-order chi connectivity index (χ1) is 16.9. The van der Waals surface area contributed by atoms with Crippen LogP contribution in [-0.2, 0) is 10.0 Å². The van der Waals surface area contributed by atoms with Crippen molar-refractivity contribution in [3.05, 3.63) is 51.2 Å². The number of thiophene rings is 2. The molecule has 11 heteroatoms. The Balaban J connectivity index is 1.14. The number of rotatable bonds is 4. The molecule has 6 rings (SSSR count). The Labute approximate surface area is 217 Å². The van der Waals surface area contributed by atoms with Gasteiger partial charge in [-0.2, -0.15) is 4.31 Å². The smallest absolute Gasteiger partial charge is 0.280 e. The minimum absolute atomic E-state index is 0.0126. The van der Waals surface area contributed by atoms with Crippen LogP contribution in [0.4, 0.5) is 0 Å². The molecule has 184 valence electrons. The first-order valence-corrected chi connectivity index (χ1v) is 15.4. The third-order valence-corrected chi connectivity index (χ3v) is 11.6. The maximum atomic E-state index is 13.3. The molecule has 0 saturated carbocycles. The van der Waals surface area contributed by atoms with Crippen LogP contribution in [0, 0.1) is 0 Å². The van der Waals surface area contributed by atoms with E-state index in [2.05, 4.69) is 14.9 Å². The molecule has 7 nitrogen and oxygen atoms in total. The Kier molecular flexibility index (Phi) is 6.12. The maximum Gasteiger partial charge on any atom is 0.280 e. The molecule has 0 aliphatic carbocycles. The lowest BCUT2D eigenvalue weighted by Crippen LogP contribution is -2.50. The summed E-state index contributed by atoms with van der Waals surface area (Å²) in [6.07, 6.45) is 2.44. The summed E-state index contributed by atoms with van der Waals surface area (Å²) in [4.78, 5) is 18.1. The Morgan fingerprint density at radius 3 is 2.37 bits per heavy atom. The average Bonchev–Trinajstić information content (AvgIpc) is 3.43. The normalized spacial score (nSPS) is 19.1. The average molecular weight is 550 g/mol. The maximum absolute atomic E-state index is 13.3.